The van der Waals surface area contributed by atoms with E-state index in [4.69, 9.17) is 4.74 Å². The van der Waals surface area contributed by atoms with Gasteiger partial charge in [0.25, 0.3) is 0 Å². The molecule has 3 rings (SSSR count). The summed E-state index contributed by atoms with van der Waals surface area (Å²) in [7, 11) is 0. The lowest BCUT2D eigenvalue weighted by Crippen LogP contribution is -2.56. The van der Waals surface area contributed by atoms with Crippen LogP contribution in [0.25, 0.3) is 0 Å². The monoisotopic (exact) mass is 351 g/mol. The molecule has 1 unspecified atom stereocenters. The number of hydrogen-bond acceptors (Lipinski definition) is 5. The van der Waals surface area contributed by atoms with Crippen LogP contribution in [0, 0.1) is 5.41 Å². The van der Waals surface area contributed by atoms with Crippen LogP contribution in [0.2, 0.25) is 0 Å². The summed E-state index contributed by atoms with van der Waals surface area (Å²) in [6.07, 6.45) is 5.65. The third kappa shape index (κ3) is 4.17. The molecule has 2 heterocycles. The van der Waals surface area contributed by atoms with Crippen LogP contribution in [0.15, 0.2) is 0 Å². The number of hydrogen-bond donors (Lipinski definition) is 1. The van der Waals surface area contributed by atoms with Crippen molar-refractivity contribution < 1.29 is 14.3 Å². The van der Waals surface area contributed by atoms with E-state index in [0.29, 0.717) is 24.1 Å². The Morgan fingerprint density at radius 3 is 2.52 bits per heavy atom. The zero-order valence-electron chi connectivity index (χ0n) is 15.9. The van der Waals surface area contributed by atoms with Gasteiger partial charge in [0.05, 0.1) is 12.6 Å². The Labute approximate surface area is 151 Å². The number of nitrogens with one attached hydrogen (secondary N) is 1. The standard InChI is InChI=1S/C19H33N3O3/c1-4-25-18(24)22-10-7-19(13-22)11-17(12-19)21-8-5-16(6-9-21)20-14(2)15(3)23/h14,16-17,20H,4-13H2,1-3H3. The molecular weight excluding hydrogens is 318 g/mol. The van der Waals surface area contributed by atoms with E-state index in [1.165, 1.54) is 12.8 Å². The van der Waals surface area contributed by atoms with E-state index in [-0.39, 0.29) is 17.9 Å². The molecule has 3 aliphatic rings. The number of ketones is 1. The molecule has 25 heavy (non-hydrogen) atoms. The first-order chi connectivity index (χ1) is 11.9. The molecule has 2 aliphatic heterocycles. The highest BCUT2D eigenvalue weighted by molar-refractivity contribution is 5.80. The van der Waals surface area contributed by atoms with Crippen molar-refractivity contribution in [3.8, 4) is 0 Å². The fourth-order valence-corrected chi connectivity index (χ4v) is 4.74. The molecule has 0 aromatic heterocycles. The fourth-order valence-electron chi connectivity index (χ4n) is 4.74. The molecule has 3 fully saturated rings. The second kappa shape index (κ2) is 7.62. The summed E-state index contributed by atoms with van der Waals surface area (Å²) in [6.45, 7) is 9.88. The molecule has 1 atom stereocenters. The lowest BCUT2D eigenvalue weighted by molar-refractivity contribution is -0.118. The molecule has 0 aromatic rings. The van der Waals surface area contributed by atoms with Gasteiger partial charge in [-0.3, -0.25) is 4.79 Å². The summed E-state index contributed by atoms with van der Waals surface area (Å²) in [5.74, 6) is 0.218. The van der Waals surface area contributed by atoms with Crippen molar-refractivity contribution in [2.75, 3.05) is 32.8 Å². The smallest absolute Gasteiger partial charge is 0.409 e. The Morgan fingerprint density at radius 2 is 1.92 bits per heavy atom. The summed E-state index contributed by atoms with van der Waals surface area (Å²) >= 11 is 0. The van der Waals surface area contributed by atoms with Crippen molar-refractivity contribution >= 4 is 11.9 Å². The molecule has 1 N–H and O–H groups in total. The predicted octanol–water partition coefficient (Wildman–Crippen LogP) is 2.03. The van der Waals surface area contributed by atoms with Gasteiger partial charge < -0.3 is 19.9 Å². The molecular formula is C19H33N3O3. The molecule has 0 bridgehead atoms. The maximum Gasteiger partial charge on any atom is 0.409 e. The number of nitrogens with zero attached hydrogens (tertiary/aromatic N) is 2. The number of ether oxygens (including phenoxy) is 1. The lowest BCUT2D eigenvalue weighted by Gasteiger charge is -2.51. The largest absolute Gasteiger partial charge is 0.450 e. The fraction of sp³-hybridized carbons (Fsp3) is 0.895. The van der Waals surface area contributed by atoms with Crippen LogP contribution >= 0.6 is 0 Å². The molecule has 0 radical (unpaired) electrons. The zero-order valence-corrected chi connectivity index (χ0v) is 15.9. The molecule has 2 saturated heterocycles. The Balaban J connectivity index is 1.40. The van der Waals surface area contributed by atoms with E-state index in [1.807, 2.05) is 18.7 Å². The predicted molar refractivity (Wildman–Crippen MR) is 96.5 cm³/mol. The number of carbonyl (C=O) groups excluding carboxylic acids is 2. The Bertz CT molecular complexity index is 496. The highest BCUT2D eigenvalue weighted by Gasteiger charge is 2.51. The van der Waals surface area contributed by atoms with Gasteiger partial charge in [-0.1, -0.05) is 0 Å². The van der Waals surface area contributed by atoms with Gasteiger partial charge in [0.2, 0.25) is 0 Å². The maximum atomic E-state index is 11.9. The van der Waals surface area contributed by atoms with Crippen molar-refractivity contribution in [2.45, 2.75) is 71.0 Å². The van der Waals surface area contributed by atoms with E-state index in [9.17, 15) is 9.59 Å². The average Bonchev–Trinajstić information content (AvgIpc) is 3.00. The van der Waals surface area contributed by atoms with Crippen molar-refractivity contribution in [3.63, 3.8) is 0 Å². The highest BCUT2D eigenvalue weighted by atomic mass is 16.6. The van der Waals surface area contributed by atoms with E-state index >= 15 is 0 Å². The molecule has 1 amide bonds. The van der Waals surface area contributed by atoms with Gasteiger partial charge in [0, 0.05) is 25.2 Å². The first-order valence-corrected chi connectivity index (χ1v) is 9.85. The molecule has 142 valence electrons. The Hall–Kier alpha value is -1.14. The third-order valence-electron chi connectivity index (χ3n) is 6.44. The highest BCUT2D eigenvalue weighted by Crippen LogP contribution is 2.50. The van der Waals surface area contributed by atoms with Crippen LogP contribution in [0.1, 0.15) is 52.9 Å². The molecule has 1 spiro atoms. The normalized spacial score (nSPS) is 31.8. The number of likely N-dealkylation sites (tertiary alicyclic amines) is 2. The first kappa shape index (κ1) is 18.6. The van der Waals surface area contributed by atoms with Gasteiger partial charge in [-0.05, 0) is 71.4 Å². The van der Waals surface area contributed by atoms with Gasteiger partial charge in [0.15, 0.2) is 0 Å². The van der Waals surface area contributed by atoms with Crippen LogP contribution in [-0.4, -0.2) is 72.6 Å². The van der Waals surface area contributed by atoms with E-state index in [0.717, 1.165) is 45.4 Å². The third-order valence-corrected chi connectivity index (χ3v) is 6.44. The van der Waals surface area contributed by atoms with Crippen LogP contribution in [-0.2, 0) is 9.53 Å². The number of rotatable bonds is 5. The number of carbonyl (C=O) groups is 2. The second-order valence-electron chi connectivity index (χ2n) is 8.24. The minimum Gasteiger partial charge on any atom is -0.450 e. The van der Waals surface area contributed by atoms with Crippen LogP contribution in [0.3, 0.4) is 0 Å². The first-order valence-electron chi connectivity index (χ1n) is 9.85. The van der Waals surface area contributed by atoms with Gasteiger partial charge >= 0.3 is 6.09 Å². The number of Topliss-reactive ketones (excluding diaryl/α,β-unsaturated/α-hetero) is 1. The Kier molecular flexibility index (Phi) is 5.68. The number of piperidine rings is 1. The lowest BCUT2D eigenvalue weighted by atomic mass is 9.64. The SMILES string of the molecule is CCOC(=O)N1CCC2(CC(N3CCC(NC(C)C(C)=O)CC3)C2)C1. The second-order valence-corrected chi connectivity index (χ2v) is 8.24. The summed E-state index contributed by atoms with van der Waals surface area (Å²) < 4.78 is 5.14. The molecule has 6 nitrogen and oxygen atoms in total. The van der Waals surface area contributed by atoms with Gasteiger partial charge in [-0.25, -0.2) is 4.79 Å². The van der Waals surface area contributed by atoms with E-state index < -0.39 is 0 Å². The van der Waals surface area contributed by atoms with Crippen LogP contribution in [0.5, 0.6) is 0 Å². The minimum atomic E-state index is -0.144. The average molecular weight is 351 g/mol. The molecule has 6 heteroatoms. The van der Waals surface area contributed by atoms with Crippen molar-refractivity contribution in [2.24, 2.45) is 5.41 Å². The quantitative estimate of drug-likeness (QED) is 0.821. The maximum absolute atomic E-state index is 11.9. The van der Waals surface area contributed by atoms with Crippen molar-refractivity contribution in [3.05, 3.63) is 0 Å². The summed E-state index contributed by atoms with van der Waals surface area (Å²) in [4.78, 5) is 27.8. The molecule has 1 aliphatic carbocycles. The van der Waals surface area contributed by atoms with Gasteiger partial charge in [0.1, 0.15) is 5.78 Å². The zero-order chi connectivity index (χ0) is 18.0. The van der Waals surface area contributed by atoms with Gasteiger partial charge in [-0.15, -0.1) is 0 Å². The molecule has 0 aromatic carbocycles. The van der Waals surface area contributed by atoms with Crippen molar-refractivity contribution in [1.82, 2.24) is 15.1 Å². The Morgan fingerprint density at radius 1 is 1.24 bits per heavy atom. The minimum absolute atomic E-state index is 0.0316. The summed E-state index contributed by atoms with van der Waals surface area (Å²) in [6, 6.07) is 1.11. The van der Waals surface area contributed by atoms with Gasteiger partial charge in [-0.2, -0.15) is 0 Å². The van der Waals surface area contributed by atoms with E-state index in [1.54, 1.807) is 6.92 Å². The number of amides is 1. The molecule has 1 saturated carbocycles. The summed E-state index contributed by atoms with van der Waals surface area (Å²) in [5, 5.41) is 3.46. The van der Waals surface area contributed by atoms with Crippen LogP contribution in [0.4, 0.5) is 4.79 Å². The topological polar surface area (TPSA) is 61.9 Å². The van der Waals surface area contributed by atoms with Crippen LogP contribution < -0.4 is 5.32 Å². The van der Waals surface area contributed by atoms with Crippen molar-refractivity contribution in [1.29, 1.82) is 0 Å². The van der Waals surface area contributed by atoms with E-state index in [2.05, 4.69) is 10.2 Å². The summed E-state index contributed by atoms with van der Waals surface area (Å²) in [5.41, 5.74) is 0.343.